The number of rotatable bonds is 10. The van der Waals surface area contributed by atoms with E-state index in [0.29, 0.717) is 22.9 Å². The van der Waals surface area contributed by atoms with Crippen molar-refractivity contribution in [2.45, 2.75) is 26.5 Å². The van der Waals surface area contributed by atoms with Gasteiger partial charge in [0.15, 0.2) is 0 Å². The molecule has 2 rings (SSSR count). The zero-order chi connectivity index (χ0) is 17.2. The first-order chi connectivity index (χ1) is 11.7. The molecule has 0 bridgehead atoms. The fraction of sp³-hybridized carbons (Fsp3) is 0.368. The lowest BCUT2D eigenvalue weighted by molar-refractivity contribution is 0.144. The van der Waals surface area contributed by atoms with E-state index >= 15 is 0 Å². The Labute approximate surface area is 147 Å². The maximum atomic E-state index is 13.7. The first-order valence-corrected chi connectivity index (χ1v) is 8.51. The van der Waals surface area contributed by atoms with E-state index in [0.717, 1.165) is 31.7 Å². The molecule has 0 aromatic heterocycles. The summed E-state index contributed by atoms with van der Waals surface area (Å²) in [5.41, 5.74) is 1.48. The third-order valence-corrected chi connectivity index (χ3v) is 3.76. The van der Waals surface area contributed by atoms with Crippen LogP contribution in [0.5, 0.6) is 5.75 Å². The molecule has 0 spiro atoms. The van der Waals surface area contributed by atoms with Crippen LogP contribution in [0, 0.1) is 5.82 Å². The van der Waals surface area contributed by atoms with Crippen LogP contribution in [0.4, 0.5) is 4.39 Å². The molecule has 0 radical (unpaired) electrons. The van der Waals surface area contributed by atoms with Crippen LogP contribution in [0.3, 0.4) is 0 Å². The van der Waals surface area contributed by atoms with Crippen LogP contribution in [0.2, 0.25) is 5.02 Å². The lowest BCUT2D eigenvalue weighted by Gasteiger charge is -2.13. The minimum atomic E-state index is -0.262. The van der Waals surface area contributed by atoms with Crippen molar-refractivity contribution in [1.82, 2.24) is 5.32 Å². The summed E-state index contributed by atoms with van der Waals surface area (Å²) in [7, 11) is 0. The quantitative estimate of drug-likeness (QED) is 0.636. The van der Waals surface area contributed by atoms with Gasteiger partial charge < -0.3 is 14.8 Å². The predicted molar refractivity (Wildman–Crippen MR) is 95.0 cm³/mol. The molecule has 3 nitrogen and oxygen atoms in total. The Kier molecular flexibility index (Phi) is 8.02. The van der Waals surface area contributed by atoms with Crippen molar-refractivity contribution in [3.05, 3.63) is 64.4 Å². The van der Waals surface area contributed by atoms with Crippen LogP contribution in [0.25, 0.3) is 0 Å². The molecular weight excluding hydrogens is 329 g/mol. The summed E-state index contributed by atoms with van der Waals surface area (Å²) >= 11 is 6.08. The van der Waals surface area contributed by atoms with Crippen molar-refractivity contribution in [2.24, 2.45) is 0 Å². The van der Waals surface area contributed by atoms with Crippen molar-refractivity contribution >= 4 is 11.6 Å². The van der Waals surface area contributed by atoms with Crippen molar-refractivity contribution < 1.29 is 13.9 Å². The summed E-state index contributed by atoms with van der Waals surface area (Å²) in [5, 5.41) is 4.00. The Morgan fingerprint density at radius 1 is 1.12 bits per heavy atom. The monoisotopic (exact) mass is 351 g/mol. The molecule has 24 heavy (non-hydrogen) atoms. The third-order valence-electron chi connectivity index (χ3n) is 3.53. The van der Waals surface area contributed by atoms with Crippen molar-refractivity contribution in [3.63, 3.8) is 0 Å². The first kappa shape index (κ1) is 18.7. The molecule has 0 amide bonds. The van der Waals surface area contributed by atoms with E-state index in [4.69, 9.17) is 21.1 Å². The van der Waals surface area contributed by atoms with Gasteiger partial charge in [-0.2, -0.15) is 0 Å². The second-order valence-corrected chi connectivity index (χ2v) is 5.80. The maximum absolute atomic E-state index is 13.7. The maximum Gasteiger partial charge on any atom is 0.129 e. The summed E-state index contributed by atoms with van der Waals surface area (Å²) in [6.07, 6.45) is 0.944. The molecule has 130 valence electrons. The smallest absolute Gasteiger partial charge is 0.129 e. The van der Waals surface area contributed by atoms with Gasteiger partial charge in [-0.25, -0.2) is 4.39 Å². The Morgan fingerprint density at radius 3 is 2.75 bits per heavy atom. The minimum absolute atomic E-state index is 0.186. The zero-order valence-corrected chi connectivity index (χ0v) is 14.6. The van der Waals surface area contributed by atoms with E-state index in [1.165, 1.54) is 6.07 Å². The van der Waals surface area contributed by atoms with Gasteiger partial charge in [-0.05, 0) is 44.2 Å². The standard InChI is InChI=1S/C19H23ClFNO2/c1-2-23-11-5-10-22-13-16-12-17(20)8-9-19(16)24-14-15-6-3-4-7-18(15)21/h3-4,6-9,12,22H,2,5,10-11,13-14H2,1H3. The van der Waals surface area contributed by atoms with Crippen LogP contribution >= 0.6 is 11.6 Å². The van der Waals surface area contributed by atoms with Gasteiger partial charge in [-0.3, -0.25) is 0 Å². The highest BCUT2D eigenvalue weighted by molar-refractivity contribution is 6.30. The van der Waals surface area contributed by atoms with E-state index in [2.05, 4.69) is 5.32 Å². The van der Waals surface area contributed by atoms with Crippen LogP contribution in [-0.4, -0.2) is 19.8 Å². The van der Waals surface area contributed by atoms with Gasteiger partial charge in [0.25, 0.3) is 0 Å². The van der Waals surface area contributed by atoms with Crippen molar-refractivity contribution in [3.8, 4) is 5.75 Å². The highest BCUT2D eigenvalue weighted by atomic mass is 35.5. The summed E-state index contributed by atoms with van der Waals surface area (Å²) in [5.74, 6) is 0.446. The van der Waals surface area contributed by atoms with E-state index in [9.17, 15) is 4.39 Å². The molecule has 0 fully saturated rings. The fourth-order valence-corrected chi connectivity index (χ4v) is 2.46. The Hall–Kier alpha value is -1.62. The van der Waals surface area contributed by atoms with E-state index < -0.39 is 0 Å². The number of halogens is 2. The average Bonchev–Trinajstić information content (AvgIpc) is 2.58. The molecular formula is C19H23ClFNO2. The van der Waals surface area contributed by atoms with E-state index in [-0.39, 0.29) is 12.4 Å². The molecule has 0 aliphatic carbocycles. The van der Waals surface area contributed by atoms with Crippen LogP contribution < -0.4 is 10.1 Å². The Morgan fingerprint density at radius 2 is 1.96 bits per heavy atom. The SMILES string of the molecule is CCOCCCNCc1cc(Cl)ccc1OCc1ccccc1F. The number of hydrogen-bond acceptors (Lipinski definition) is 3. The molecule has 0 aliphatic rings. The summed E-state index contributed by atoms with van der Waals surface area (Å²) in [4.78, 5) is 0. The van der Waals surface area contributed by atoms with Gasteiger partial charge in [-0.15, -0.1) is 0 Å². The van der Waals surface area contributed by atoms with Crippen molar-refractivity contribution in [1.29, 1.82) is 0 Å². The molecule has 2 aromatic carbocycles. The second kappa shape index (κ2) is 10.3. The first-order valence-electron chi connectivity index (χ1n) is 8.13. The molecule has 0 saturated carbocycles. The van der Waals surface area contributed by atoms with Gasteiger partial charge in [-0.1, -0.05) is 29.8 Å². The Balaban J connectivity index is 1.91. The number of hydrogen-bond donors (Lipinski definition) is 1. The lowest BCUT2D eigenvalue weighted by Crippen LogP contribution is -2.17. The zero-order valence-electron chi connectivity index (χ0n) is 13.9. The molecule has 1 N–H and O–H groups in total. The number of ether oxygens (including phenoxy) is 2. The molecule has 0 unspecified atom stereocenters. The molecule has 0 atom stereocenters. The average molecular weight is 352 g/mol. The van der Waals surface area contributed by atoms with E-state index in [1.54, 1.807) is 24.3 Å². The topological polar surface area (TPSA) is 30.5 Å². The molecule has 0 heterocycles. The number of benzene rings is 2. The Bertz CT molecular complexity index is 637. The third kappa shape index (κ3) is 6.11. The molecule has 2 aromatic rings. The van der Waals surface area contributed by atoms with Crippen molar-refractivity contribution in [2.75, 3.05) is 19.8 Å². The molecule has 5 heteroatoms. The molecule has 0 aliphatic heterocycles. The molecule has 0 saturated heterocycles. The van der Waals surface area contributed by atoms with Crippen LogP contribution in [-0.2, 0) is 17.9 Å². The van der Waals surface area contributed by atoms with Gasteiger partial charge in [0, 0.05) is 35.9 Å². The summed E-state index contributed by atoms with van der Waals surface area (Å²) in [6, 6.07) is 12.1. The van der Waals surface area contributed by atoms with Gasteiger partial charge >= 0.3 is 0 Å². The van der Waals surface area contributed by atoms with Crippen LogP contribution in [0.15, 0.2) is 42.5 Å². The summed E-state index contributed by atoms with van der Waals surface area (Å²) in [6.45, 7) is 5.14. The van der Waals surface area contributed by atoms with Crippen LogP contribution in [0.1, 0.15) is 24.5 Å². The fourth-order valence-electron chi connectivity index (χ4n) is 2.26. The summed E-state index contributed by atoms with van der Waals surface area (Å²) < 4.78 is 24.8. The predicted octanol–water partition coefficient (Wildman–Crippen LogP) is 4.57. The minimum Gasteiger partial charge on any atom is -0.488 e. The normalized spacial score (nSPS) is 10.8. The van der Waals surface area contributed by atoms with Gasteiger partial charge in [0.05, 0.1) is 0 Å². The second-order valence-electron chi connectivity index (χ2n) is 5.36. The van der Waals surface area contributed by atoms with Gasteiger partial charge in [0.2, 0.25) is 0 Å². The number of nitrogens with one attached hydrogen (secondary N) is 1. The largest absolute Gasteiger partial charge is 0.488 e. The highest BCUT2D eigenvalue weighted by Crippen LogP contribution is 2.24. The van der Waals surface area contributed by atoms with Gasteiger partial charge in [0.1, 0.15) is 18.2 Å². The highest BCUT2D eigenvalue weighted by Gasteiger charge is 2.07. The van der Waals surface area contributed by atoms with E-state index in [1.807, 2.05) is 19.1 Å². The lowest BCUT2D eigenvalue weighted by atomic mass is 10.2.